The summed E-state index contributed by atoms with van der Waals surface area (Å²) < 4.78 is 0. The first-order valence-corrected chi connectivity index (χ1v) is 8.76. The molecule has 0 spiro atoms. The second-order valence-corrected chi connectivity index (χ2v) is 6.51. The molecule has 138 valence electrons. The molecule has 2 aromatic carbocycles. The van der Waals surface area contributed by atoms with Gasteiger partial charge in [0, 0.05) is 39.5 Å². The van der Waals surface area contributed by atoms with Crippen LogP contribution in [0, 0.1) is 0 Å². The second kappa shape index (κ2) is 6.36. The molecular formula is C20H17N7O. The van der Waals surface area contributed by atoms with Crippen molar-refractivity contribution in [2.45, 2.75) is 6.61 Å². The van der Waals surface area contributed by atoms with E-state index in [1.165, 1.54) is 0 Å². The van der Waals surface area contributed by atoms with Crippen molar-refractivity contribution >= 4 is 39.3 Å². The number of fused-ring (bicyclic) bond motifs is 2. The van der Waals surface area contributed by atoms with Gasteiger partial charge in [-0.15, -0.1) is 0 Å². The maximum Gasteiger partial charge on any atom is 0.221 e. The SMILES string of the molecule is Nc1nccc(Nc2cc(-c3cc4cccc(CO)c4[nH]3)c3[nH]ncc3c2)n1. The van der Waals surface area contributed by atoms with Crippen LogP contribution in [0.15, 0.2) is 54.9 Å². The Morgan fingerprint density at radius 3 is 2.86 bits per heavy atom. The lowest BCUT2D eigenvalue weighted by Crippen LogP contribution is -1.99. The van der Waals surface area contributed by atoms with Crippen LogP contribution in [0.25, 0.3) is 33.1 Å². The first-order chi connectivity index (χ1) is 13.7. The summed E-state index contributed by atoms with van der Waals surface area (Å²) in [5, 5.41) is 22.1. The smallest absolute Gasteiger partial charge is 0.221 e. The Labute approximate surface area is 159 Å². The first kappa shape index (κ1) is 16.3. The minimum Gasteiger partial charge on any atom is -0.392 e. The minimum atomic E-state index is -0.0203. The molecule has 6 N–H and O–H groups in total. The number of nitrogens with one attached hydrogen (secondary N) is 3. The van der Waals surface area contributed by atoms with Crippen LogP contribution in [0.1, 0.15) is 5.56 Å². The monoisotopic (exact) mass is 371 g/mol. The lowest BCUT2D eigenvalue weighted by molar-refractivity contribution is 0.283. The Bertz CT molecular complexity index is 1300. The highest BCUT2D eigenvalue weighted by Gasteiger charge is 2.13. The maximum atomic E-state index is 9.62. The molecule has 5 rings (SSSR count). The molecule has 0 aliphatic carbocycles. The minimum absolute atomic E-state index is 0.0203. The molecule has 3 aromatic heterocycles. The molecule has 0 amide bonds. The van der Waals surface area contributed by atoms with Gasteiger partial charge in [0.25, 0.3) is 0 Å². The number of H-pyrrole nitrogens is 2. The van der Waals surface area contributed by atoms with E-state index in [9.17, 15) is 5.11 Å². The topological polar surface area (TPSA) is 129 Å². The number of aromatic nitrogens is 5. The predicted octanol–water partition coefficient (Wildman–Crippen LogP) is 3.32. The van der Waals surface area contributed by atoms with E-state index in [0.29, 0.717) is 5.82 Å². The summed E-state index contributed by atoms with van der Waals surface area (Å²) in [6, 6.07) is 13.7. The van der Waals surface area contributed by atoms with E-state index in [-0.39, 0.29) is 12.6 Å². The van der Waals surface area contributed by atoms with Crippen molar-refractivity contribution in [1.82, 2.24) is 25.1 Å². The highest BCUT2D eigenvalue weighted by molar-refractivity contribution is 5.99. The standard InChI is InChI=1S/C20H17N7O/c21-20-22-5-4-17(26-20)24-14-6-13-9-23-27-19(13)15(8-14)16-7-11-2-1-3-12(10-28)18(11)25-16/h1-9,25,28H,10H2,(H,23,27)(H3,21,22,24,26). The summed E-state index contributed by atoms with van der Waals surface area (Å²) in [7, 11) is 0. The van der Waals surface area contributed by atoms with Crippen LogP contribution < -0.4 is 11.1 Å². The van der Waals surface area contributed by atoms with E-state index in [4.69, 9.17) is 5.73 Å². The summed E-state index contributed by atoms with van der Waals surface area (Å²) in [4.78, 5) is 11.5. The molecule has 0 saturated carbocycles. The third-order valence-corrected chi connectivity index (χ3v) is 4.70. The van der Waals surface area contributed by atoms with Gasteiger partial charge in [0.1, 0.15) is 5.82 Å². The Balaban J connectivity index is 1.65. The second-order valence-electron chi connectivity index (χ2n) is 6.51. The quantitative estimate of drug-likeness (QED) is 0.330. The largest absolute Gasteiger partial charge is 0.392 e. The summed E-state index contributed by atoms with van der Waals surface area (Å²) in [6.07, 6.45) is 3.39. The number of aliphatic hydroxyl groups is 1. The van der Waals surface area contributed by atoms with E-state index in [1.54, 1.807) is 18.5 Å². The van der Waals surface area contributed by atoms with Crippen LogP contribution in [0.4, 0.5) is 17.5 Å². The van der Waals surface area contributed by atoms with Gasteiger partial charge >= 0.3 is 0 Å². The number of nitrogen functional groups attached to an aromatic ring is 1. The van der Waals surface area contributed by atoms with Gasteiger partial charge < -0.3 is 21.1 Å². The number of nitrogens with zero attached hydrogens (tertiary/aromatic N) is 3. The molecule has 0 atom stereocenters. The van der Waals surface area contributed by atoms with Crippen LogP contribution in [-0.2, 0) is 6.61 Å². The fraction of sp³-hybridized carbons (Fsp3) is 0.0500. The van der Waals surface area contributed by atoms with Crippen molar-refractivity contribution in [3.05, 3.63) is 60.4 Å². The van der Waals surface area contributed by atoms with Crippen molar-refractivity contribution in [3.63, 3.8) is 0 Å². The molecule has 3 heterocycles. The Morgan fingerprint density at radius 1 is 1.07 bits per heavy atom. The number of nitrogens with two attached hydrogens (primary N) is 1. The summed E-state index contributed by atoms with van der Waals surface area (Å²) in [6.45, 7) is -0.0203. The number of aliphatic hydroxyl groups excluding tert-OH is 1. The summed E-state index contributed by atoms with van der Waals surface area (Å²) in [5.74, 6) is 0.822. The van der Waals surface area contributed by atoms with Crippen molar-refractivity contribution in [2.75, 3.05) is 11.1 Å². The molecule has 0 aliphatic heterocycles. The molecule has 8 heteroatoms. The van der Waals surface area contributed by atoms with E-state index in [1.807, 2.05) is 30.3 Å². The molecule has 28 heavy (non-hydrogen) atoms. The van der Waals surface area contributed by atoms with Gasteiger partial charge in [-0.05, 0) is 24.3 Å². The molecular weight excluding hydrogens is 354 g/mol. The highest BCUT2D eigenvalue weighted by Crippen LogP contribution is 2.33. The number of rotatable bonds is 4. The average Bonchev–Trinajstić information content (AvgIpc) is 3.33. The van der Waals surface area contributed by atoms with Gasteiger partial charge in [0.2, 0.25) is 5.95 Å². The first-order valence-electron chi connectivity index (χ1n) is 8.76. The van der Waals surface area contributed by atoms with Gasteiger partial charge in [-0.3, -0.25) is 5.10 Å². The molecule has 0 radical (unpaired) electrons. The Kier molecular flexibility index (Phi) is 3.70. The van der Waals surface area contributed by atoms with Crippen molar-refractivity contribution in [1.29, 1.82) is 0 Å². The number of aromatic amines is 2. The zero-order valence-electron chi connectivity index (χ0n) is 14.8. The molecule has 0 fully saturated rings. The normalized spacial score (nSPS) is 11.3. The molecule has 0 bridgehead atoms. The Hall–Kier alpha value is -3.91. The van der Waals surface area contributed by atoms with Crippen LogP contribution in [0.3, 0.4) is 0 Å². The maximum absolute atomic E-state index is 9.62. The van der Waals surface area contributed by atoms with Gasteiger partial charge in [-0.1, -0.05) is 18.2 Å². The predicted molar refractivity (Wildman–Crippen MR) is 109 cm³/mol. The lowest BCUT2D eigenvalue weighted by Gasteiger charge is -2.09. The van der Waals surface area contributed by atoms with Crippen molar-refractivity contribution < 1.29 is 5.11 Å². The Morgan fingerprint density at radius 2 is 2.00 bits per heavy atom. The van der Waals surface area contributed by atoms with Gasteiger partial charge in [-0.25, -0.2) is 4.98 Å². The fourth-order valence-electron chi connectivity index (χ4n) is 3.43. The molecule has 0 saturated heterocycles. The summed E-state index contributed by atoms with van der Waals surface area (Å²) in [5.41, 5.74) is 11.1. The molecule has 5 aromatic rings. The van der Waals surface area contributed by atoms with E-state index < -0.39 is 0 Å². The number of para-hydroxylation sites is 1. The number of hydrogen-bond acceptors (Lipinski definition) is 6. The molecule has 0 aliphatic rings. The van der Waals surface area contributed by atoms with E-state index in [0.717, 1.165) is 44.3 Å². The van der Waals surface area contributed by atoms with Gasteiger partial charge in [0.15, 0.2) is 0 Å². The highest BCUT2D eigenvalue weighted by atomic mass is 16.3. The third kappa shape index (κ3) is 2.72. The summed E-state index contributed by atoms with van der Waals surface area (Å²) >= 11 is 0. The van der Waals surface area contributed by atoms with Crippen LogP contribution >= 0.6 is 0 Å². The van der Waals surface area contributed by atoms with Crippen molar-refractivity contribution in [2.24, 2.45) is 0 Å². The molecule has 0 unspecified atom stereocenters. The van der Waals surface area contributed by atoms with E-state index in [2.05, 4.69) is 36.5 Å². The number of hydrogen-bond donors (Lipinski definition) is 5. The molecule has 8 nitrogen and oxygen atoms in total. The average molecular weight is 371 g/mol. The number of anilines is 3. The lowest BCUT2D eigenvalue weighted by atomic mass is 10.1. The zero-order valence-corrected chi connectivity index (χ0v) is 14.8. The van der Waals surface area contributed by atoms with E-state index >= 15 is 0 Å². The van der Waals surface area contributed by atoms with Crippen LogP contribution in [0.2, 0.25) is 0 Å². The fourth-order valence-corrected chi connectivity index (χ4v) is 3.43. The third-order valence-electron chi connectivity index (χ3n) is 4.70. The zero-order chi connectivity index (χ0) is 19.1. The van der Waals surface area contributed by atoms with Crippen LogP contribution in [0.5, 0.6) is 0 Å². The number of benzene rings is 2. The van der Waals surface area contributed by atoms with Crippen molar-refractivity contribution in [3.8, 4) is 11.3 Å². The van der Waals surface area contributed by atoms with Crippen LogP contribution in [-0.4, -0.2) is 30.3 Å². The van der Waals surface area contributed by atoms with Gasteiger partial charge in [0.05, 0.1) is 23.8 Å². The van der Waals surface area contributed by atoms with Gasteiger partial charge in [-0.2, -0.15) is 10.1 Å².